The van der Waals surface area contributed by atoms with E-state index in [1.807, 2.05) is 0 Å². The van der Waals surface area contributed by atoms with Crippen LogP contribution in [0.3, 0.4) is 0 Å². The molecule has 3 heterocycles. The summed E-state index contributed by atoms with van der Waals surface area (Å²) in [5.41, 5.74) is 12.1. The van der Waals surface area contributed by atoms with Gasteiger partial charge >= 0.3 is 0 Å². The van der Waals surface area contributed by atoms with Crippen LogP contribution >= 0.6 is 0 Å². The summed E-state index contributed by atoms with van der Waals surface area (Å²) in [7, 11) is 0. The van der Waals surface area contributed by atoms with Crippen molar-refractivity contribution in [2.45, 2.75) is 31.6 Å². The van der Waals surface area contributed by atoms with E-state index in [1.165, 1.54) is 29.5 Å². The van der Waals surface area contributed by atoms with Gasteiger partial charge in [-0.15, -0.1) is 0 Å². The molecule has 1 aromatic carbocycles. The molecule has 168 valence electrons. The third-order valence-corrected chi connectivity index (χ3v) is 5.74. The monoisotopic (exact) mass is 443 g/mol. The molecular formula is C21H23F2N7O2. The van der Waals surface area contributed by atoms with Crippen molar-refractivity contribution in [1.82, 2.24) is 15.0 Å². The highest BCUT2D eigenvalue weighted by molar-refractivity contribution is 5.91. The van der Waals surface area contributed by atoms with Gasteiger partial charge in [0.1, 0.15) is 29.8 Å². The summed E-state index contributed by atoms with van der Waals surface area (Å²) >= 11 is 0. The van der Waals surface area contributed by atoms with E-state index in [9.17, 15) is 14.0 Å². The molecule has 1 aromatic heterocycles. The van der Waals surface area contributed by atoms with Crippen LogP contribution in [0.5, 0.6) is 0 Å². The fourth-order valence-corrected chi connectivity index (χ4v) is 4.10. The number of nitrogens with two attached hydrogens (primary N) is 2. The SMILES string of the molecule is NCc1cc(F)cc([C@@H]2CC=NN2C(=O)[C@@H]2CCN(c3cc(C(N)=O)ncn3)C[C@@H]2F)c1. The second kappa shape index (κ2) is 8.95. The molecule has 0 aliphatic carbocycles. The number of primary amides is 1. The van der Waals surface area contributed by atoms with Crippen molar-refractivity contribution in [2.24, 2.45) is 22.5 Å². The maximum absolute atomic E-state index is 15.1. The predicted molar refractivity (Wildman–Crippen MR) is 113 cm³/mol. The highest BCUT2D eigenvalue weighted by Crippen LogP contribution is 2.34. The smallest absolute Gasteiger partial charge is 0.267 e. The Balaban J connectivity index is 1.48. The number of nitrogens with zero attached hydrogens (tertiary/aromatic N) is 5. The van der Waals surface area contributed by atoms with Crippen LogP contribution in [0.25, 0.3) is 0 Å². The van der Waals surface area contributed by atoms with Crippen molar-refractivity contribution in [3.05, 3.63) is 53.2 Å². The van der Waals surface area contributed by atoms with Gasteiger partial charge in [-0.1, -0.05) is 6.07 Å². The van der Waals surface area contributed by atoms with Crippen LogP contribution in [-0.2, 0) is 11.3 Å². The zero-order valence-corrected chi connectivity index (χ0v) is 17.2. The summed E-state index contributed by atoms with van der Waals surface area (Å²) in [6.45, 7) is 0.439. The standard InChI is InChI=1S/C21H23F2N7O2/c22-14-6-12(9-24)5-13(7-14)18-1-3-28-30(18)21(32)15-2-4-29(10-16(15)23)19-8-17(20(25)31)26-11-27-19/h3,5-8,11,15-16,18H,1-2,4,9-10,24H2,(H2,25,31)/t15-,16+,18+/m1/s1. The minimum absolute atomic E-state index is 0.0322. The average molecular weight is 443 g/mol. The molecule has 4 rings (SSSR count). The molecule has 2 amide bonds. The van der Waals surface area contributed by atoms with Gasteiger partial charge in [-0.25, -0.2) is 23.8 Å². The number of anilines is 1. The second-order valence-corrected chi connectivity index (χ2v) is 7.81. The first kappa shape index (κ1) is 21.8. The van der Waals surface area contributed by atoms with Gasteiger partial charge in [-0.3, -0.25) is 9.59 Å². The maximum Gasteiger partial charge on any atom is 0.267 e. The number of amides is 2. The zero-order valence-electron chi connectivity index (χ0n) is 17.2. The van der Waals surface area contributed by atoms with Crippen molar-refractivity contribution >= 4 is 23.8 Å². The molecule has 11 heteroatoms. The van der Waals surface area contributed by atoms with Crippen LogP contribution in [0.4, 0.5) is 14.6 Å². The van der Waals surface area contributed by atoms with Crippen LogP contribution in [0, 0.1) is 11.7 Å². The van der Waals surface area contributed by atoms with E-state index in [1.54, 1.807) is 17.2 Å². The van der Waals surface area contributed by atoms with Gasteiger partial charge in [0.25, 0.3) is 5.91 Å². The minimum atomic E-state index is -1.48. The Morgan fingerprint density at radius 1 is 1.19 bits per heavy atom. The lowest BCUT2D eigenvalue weighted by Crippen LogP contribution is -2.48. The van der Waals surface area contributed by atoms with Gasteiger partial charge in [0, 0.05) is 31.8 Å². The minimum Gasteiger partial charge on any atom is -0.364 e. The van der Waals surface area contributed by atoms with Crippen molar-refractivity contribution in [1.29, 1.82) is 0 Å². The summed E-state index contributed by atoms with van der Waals surface area (Å²) in [6.07, 6.45) is 1.92. The van der Waals surface area contributed by atoms with Crippen LogP contribution in [0.15, 0.2) is 35.7 Å². The number of aromatic nitrogens is 2. The van der Waals surface area contributed by atoms with E-state index in [-0.39, 0.29) is 25.2 Å². The van der Waals surface area contributed by atoms with Crippen LogP contribution < -0.4 is 16.4 Å². The number of carbonyl (C=O) groups is 2. The number of carbonyl (C=O) groups excluding carboxylic acids is 2. The lowest BCUT2D eigenvalue weighted by atomic mass is 9.92. The molecule has 3 atom stereocenters. The molecule has 0 radical (unpaired) electrons. The summed E-state index contributed by atoms with van der Waals surface area (Å²) in [6, 6.07) is 5.32. The predicted octanol–water partition coefficient (Wildman–Crippen LogP) is 1.30. The van der Waals surface area contributed by atoms with Crippen molar-refractivity contribution in [3.63, 3.8) is 0 Å². The number of piperidine rings is 1. The number of hydrogen-bond donors (Lipinski definition) is 2. The van der Waals surface area contributed by atoms with Crippen LogP contribution in [0.2, 0.25) is 0 Å². The molecular weight excluding hydrogens is 420 g/mol. The van der Waals surface area contributed by atoms with Gasteiger partial charge in [0.05, 0.1) is 18.5 Å². The van der Waals surface area contributed by atoms with E-state index in [0.29, 0.717) is 29.9 Å². The molecule has 9 nitrogen and oxygen atoms in total. The van der Waals surface area contributed by atoms with Gasteiger partial charge in [-0.05, 0) is 29.7 Å². The van der Waals surface area contributed by atoms with Crippen molar-refractivity contribution < 1.29 is 18.4 Å². The number of hydrazone groups is 1. The third kappa shape index (κ3) is 4.28. The summed E-state index contributed by atoms with van der Waals surface area (Å²) in [5.74, 6) is -2.13. The Bertz CT molecular complexity index is 1060. The fraction of sp³-hybridized carbons (Fsp3) is 0.381. The molecule has 1 saturated heterocycles. The summed E-state index contributed by atoms with van der Waals surface area (Å²) < 4.78 is 29.1. The molecule has 2 aromatic rings. The van der Waals surface area contributed by atoms with Gasteiger partial charge < -0.3 is 16.4 Å². The van der Waals surface area contributed by atoms with E-state index < -0.39 is 35.8 Å². The van der Waals surface area contributed by atoms with E-state index in [0.717, 1.165) is 0 Å². The van der Waals surface area contributed by atoms with Crippen LogP contribution in [0.1, 0.15) is 40.5 Å². The highest BCUT2D eigenvalue weighted by atomic mass is 19.1. The first-order valence-electron chi connectivity index (χ1n) is 10.2. The first-order chi connectivity index (χ1) is 15.4. The molecule has 0 spiro atoms. The summed E-state index contributed by atoms with van der Waals surface area (Å²) in [4.78, 5) is 34.0. The Kier molecular flexibility index (Phi) is 6.08. The number of rotatable bonds is 5. The van der Waals surface area contributed by atoms with Gasteiger partial charge in [0.15, 0.2) is 0 Å². The number of halogens is 2. The fourth-order valence-electron chi connectivity index (χ4n) is 4.10. The second-order valence-electron chi connectivity index (χ2n) is 7.81. The lowest BCUT2D eigenvalue weighted by molar-refractivity contribution is -0.140. The quantitative estimate of drug-likeness (QED) is 0.716. The number of alkyl halides is 1. The normalized spacial score (nSPS) is 22.9. The molecule has 1 fully saturated rings. The third-order valence-electron chi connectivity index (χ3n) is 5.74. The Hall–Kier alpha value is -3.47. The molecule has 0 unspecified atom stereocenters. The highest BCUT2D eigenvalue weighted by Gasteiger charge is 2.40. The molecule has 32 heavy (non-hydrogen) atoms. The van der Waals surface area contributed by atoms with E-state index in [2.05, 4.69) is 15.1 Å². The molecule has 4 N–H and O–H groups in total. The summed E-state index contributed by atoms with van der Waals surface area (Å²) in [5, 5.41) is 5.40. The Labute approximate surface area is 183 Å². The maximum atomic E-state index is 15.1. The van der Waals surface area contributed by atoms with Crippen LogP contribution in [-0.4, -0.2) is 52.3 Å². The van der Waals surface area contributed by atoms with Gasteiger partial charge in [-0.2, -0.15) is 5.10 Å². The molecule has 2 aliphatic heterocycles. The van der Waals surface area contributed by atoms with Gasteiger partial charge in [0.2, 0.25) is 5.91 Å². The molecule has 0 saturated carbocycles. The molecule has 2 aliphatic rings. The largest absolute Gasteiger partial charge is 0.364 e. The molecule has 0 bridgehead atoms. The Morgan fingerprint density at radius 3 is 2.72 bits per heavy atom. The topological polar surface area (TPSA) is 131 Å². The number of benzene rings is 1. The average Bonchev–Trinajstić information content (AvgIpc) is 3.28. The lowest BCUT2D eigenvalue weighted by Gasteiger charge is -2.36. The van der Waals surface area contributed by atoms with E-state index in [4.69, 9.17) is 11.5 Å². The zero-order chi connectivity index (χ0) is 22.8. The van der Waals surface area contributed by atoms with Crippen molar-refractivity contribution in [2.75, 3.05) is 18.0 Å². The van der Waals surface area contributed by atoms with E-state index >= 15 is 4.39 Å². The Morgan fingerprint density at radius 2 is 2.00 bits per heavy atom. The first-order valence-corrected chi connectivity index (χ1v) is 10.2. The van der Waals surface area contributed by atoms with Crippen molar-refractivity contribution in [3.8, 4) is 0 Å². The number of hydrogen-bond acceptors (Lipinski definition) is 7.